The first-order valence-corrected chi connectivity index (χ1v) is 5.03. The maximum absolute atomic E-state index is 10.6. The number of ether oxygens (including phenoxy) is 1. The molecule has 0 aliphatic heterocycles. The summed E-state index contributed by atoms with van der Waals surface area (Å²) in [7, 11) is 0. The van der Waals surface area contributed by atoms with Crippen molar-refractivity contribution in [2.45, 2.75) is 12.5 Å². The molecular weight excluding hydrogens is 246 g/mol. The first kappa shape index (κ1) is 13.3. The van der Waals surface area contributed by atoms with E-state index < -0.39 is 18.2 Å². The van der Waals surface area contributed by atoms with Crippen LogP contribution in [-0.4, -0.2) is 28.4 Å². The van der Waals surface area contributed by atoms with Crippen molar-refractivity contribution in [2.75, 3.05) is 6.61 Å². The van der Waals surface area contributed by atoms with Crippen molar-refractivity contribution in [3.8, 4) is 11.8 Å². The first-order valence-electron chi connectivity index (χ1n) is 4.65. The minimum atomic E-state index is -1.99. The molecule has 0 bridgehead atoms. The molecule has 1 aromatic rings. The molecular formula is C11H10ClNO4. The highest BCUT2D eigenvalue weighted by Crippen LogP contribution is 2.26. The number of aliphatic carboxylic acids is 1. The Kier molecular flexibility index (Phi) is 3.94. The van der Waals surface area contributed by atoms with Gasteiger partial charge in [0.2, 0.25) is 0 Å². The Morgan fingerprint density at radius 2 is 2.29 bits per heavy atom. The molecule has 5 nitrogen and oxygen atoms in total. The molecule has 17 heavy (non-hydrogen) atoms. The van der Waals surface area contributed by atoms with E-state index >= 15 is 0 Å². The minimum Gasteiger partial charge on any atom is -0.488 e. The van der Waals surface area contributed by atoms with Gasteiger partial charge in [0.25, 0.3) is 0 Å². The lowest BCUT2D eigenvalue weighted by Gasteiger charge is -2.18. The summed E-state index contributed by atoms with van der Waals surface area (Å²) in [4.78, 5) is 10.6. The molecule has 0 fully saturated rings. The highest BCUT2D eigenvalue weighted by atomic mass is 35.5. The molecule has 0 spiro atoms. The fourth-order valence-corrected chi connectivity index (χ4v) is 1.20. The van der Waals surface area contributed by atoms with Gasteiger partial charge in [-0.3, -0.25) is 0 Å². The Hall–Kier alpha value is -1.77. The minimum absolute atomic E-state index is 0.185. The summed E-state index contributed by atoms with van der Waals surface area (Å²) in [6.07, 6.45) is 0. The molecule has 0 heterocycles. The number of halogens is 1. The van der Waals surface area contributed by atoms with Crippen LogP contribution in [0.5, 0.6) is 5.75 Å². The lowest BCUT2D eigenvalue weighted by Crippen LogP contribution is -2.41. The van der Waals surface area contributed by atoms with E-state index in [0.29, 0.717) is 5.56 Å². The Balaban J connectivity index is 2.78. The Bertz CT molecular complexity index is 479. The van der Waals surface area contributed by atoms with Crippen LogP contribution in [0.1, 0.15) is 12.5 Å². The van der Waals surface area contributed by atoms with Gasteiger partial charge in [-0.05, 0) is 25.1 Å². The third kappa shape index (κ3) is 3.34. The van der Waals surface area contributed by atoms with E-state index in [0.717, 1.165) is 6.92 Å². The second-order valence-electron chi connectivity index (χ2n) is 3.62. The van der Waals surface area contributed by atoms with Crippen LogP contribution in [-0.2, 0) is 4.79 Å². The van der Waals surface area contributed by atoms with Crippen LogP contribution in [0, 0.1) is 11.3 Å². The smallest absolute Gasteiger partial charge is 0.339 e. The zero-order valence-corrected chi connectivity index (χ0v) is 9.73. The average molecular weight is 256 g/mol. The Labute approximate surface area is 103 Å². The summed E-state index contributed by atoms with van der Waals surface area (Å²) in [6, 6.07) is 6.22. The van der Waals surface area contributed by atoms with E-state index in [9.17, 15) is 9.90 Å². The quantitative estimate of drug-likeness (QED) is 0.849. The fraction of sp³-hybridized carbons (Fsp3) is 0.273. The van der Waals surface area contributed by atoms with Crippen LogP contribution in [0.3, 0.4) is 0 Å². The zero-order chi connectivity index (χ0) is 13.1. The third-order valence-electron chi connectivity index (χ3n) is 2.03. The van der Waals surface area contributed by atoms with Gasteiger partial charge in [-0.15, -0.1) is 0 Å². The summed E-state index contributed by atoms with van der Waals surface area (Å²) < 4.78 is 5.09. The Morgan fingerprint density at radius 1 is 1.65 bits per heavy atom. The SMILES string of the molecule is CC(O)(COc1ccc(C#N)cc1Cl)C(=O)O. The van der Waals surface area contributed by atoms with Gasteiger partial charge in [0.15, 0.2) is 5.60 Å². The second kappa shape index (κ2) is 5.04. The number of carbonyl (C=O) groups is 1. The monoisotopic (exact) mass is 255 g/mol. The lowest BCUT2D eigenvalue weighted by atomic mass is 10.1. The van der Waals surface area contributed by atoms with E-state index in [1.54, 1.807) is 0 Å². The van der Waals surface area contributed by atoms with Gasteiger partial charge in [-0.25, -0.2) is 4.79 Å². The van der Waals surface area contributed by atoms with Crippen molar-refractivity contribution >= 4 is 17.6 Å². The summed E-state index contributed by atoms with van der Waals surface area (Å²) in [5, 5.41) is 26.9. The number of nitriles is 1. The van der Waals surface area contributed by atoms with E-state index in [2.05, 4.69) is 0 Å². The van der Waals surface area contributed by atoms with E-state index in [4.69, 9.17) is 26.7 Å². The molecule has 0 saturated heterocycles. The standard InChI is InChI=1S/C11H10ClNO4/c1-11(16,10(14)15)6-17-9-3-2-7(5-13)4-8(9)12/h2-4,16H,6H2,1H3,(H,14,15). The van der Waals surface area contributed by atoms with Crippen LogP contribution in [0.4, 0.5) is 0 Å². The van der Waals surface area contributed by atoms with E-state index in [-0.39, 0.29) is 10.8 Å². The summed E-state index contributed by atoms with van der Waals surface area (Å²) in [5.74, 6) is -1.17. The van der Waals surface area contributed by atoms with Crippen molar-refractivity contribution < 1.29 is 19.7 Å². The topological polar surface area (TPSA) is 90.5 Å². The lowest BCUT2D eigenvalue weighted by molar-refractivity contribution is -0.159. The number of hydrogen-bond donors (Lipinski definition) is 2. The van der Waals surface area contributed by atoms with Crippen LogP contribution >= 0.6 is 11.6 Å². The number of nitrogens with zero attached hydrogens (tertiary/aromatic N) is 1. The molecule has 1 unspecified atom stereocenters. The van der Waals surface area contributed by atoms with Gasteiger partial charge in [-0.1, -0.05) is 11.6 Å². The average Bonchev–Trinajstić information content (AvgIpc) is 2.27. The van der Waals surface area contributed by atoms with Gasteiger partial charge in [0.1, 0.15) is 12.4 Å². The third-order valence-corrected chi connectivity index (χ3v) is 2.33. The van der Waals surface area contributed by atoms with Crippen LogP contribution in [0.15, 0.2) is 18.2 Å². The number of carboxylic acid groups (broad SMARTS) is 1. The largest absolute Gasteiger partial charge is 0.488 e. The summed E-state index contributed by atoms with van der Waals surface area (Å²) in [5.41, 5.74) is -1.62. The summed E-state index contributed by atoms with van der Waals surface area (Å²) in [6.45, 7) is 0.681. The number of hydrogen-bond acceptors (Lipinski definition) is 4. The molecule has 0 saturated carbocycles. The highest BCUT2D eigenvalue weighted by molar-refractivity contribution is 6.32. The maximum atomic E-state index is 10.6. The van der Waals surface area contributed by atoms with Crippen molar-refractivity contribution in [1.82, 2.24) is 0 Å². The molecule has 1 atom stereocenters. The molecule has 6 heteroatoms. The van der Waals surface area contributed by atoms with E-state index in [1.807, 2.05) is 6.07 Å². The van der Waals surface area contributed by atoms with Gasteiger partial charge in [0, 0.05) is 0 Å². The molecule has 2 N–H and O–H groups in total. The van der Waals surface area contributed by atoms with E-state index in [1.165, 1.54) is 18.2 Å². The normalized spacial score (nSPS) is 13.5. The van der Waals surface area contributed by atoms with Crippen molar-refractivity contribution in [3.63, 3.8) is 0 Å². The van der Waals surface area contributed by atoms with Gasteiger partial charge >= 0.3 is 5.97 Å². The summed E-state index contributed by atoms with van der Waals surface area (Å²) >= 11 is 5.81. The maximum Gasteiger partial charge on any atom is 0.339 e. The molecule has 0 radical (unpaired) electrons. The van der Waals surface area contributed by atoms with Gasteiger partial charge < -0.3 is 14.9 Å². The van der Waals surface area contributed by atoms with Crippen LogP contribution < -0.4 is 4.74 Å². The highest BCUT2D eigenvalue weighted by Gasteiger charge is 2.31. The van der Waals surface area contributed by atoms with Crippen molar-refractivity contribution in [3.05, 3.63) is 28.8 Å². The molecule has 1 rings (SSSR count). The van der Waals surface area contributed by atoms with Crippen molar-refractivity contribution in [2.24, 2.45) is 0 Å². The predicted octanol–water partition coefficient (Wildman–Crippen LogP) is 1.43. The second-order valence-corrected chi connectivity index (χ2v) is 4.03. The number of aliphatic hydroxyl groups is 1. The number of benzene rings is 1. The number of carboxylic acids is 1. The predicted molar refractivity (Wildman–Crippen MR) is 59.9 cm³/mol. The Morgan fingerprint density at radius 3 is 2.76 bits per heavy atom. The molecule has 0 aliphatic carbocycles. The number of rotatable bonds is 4. The molecule has 90 valence electrons. The first-order chi connectivity index (χ1) is 7.86. The van der Waals surface area contributed by atoms with Gasteiger partial charge in [0.05, 0.1) is 16.7 Å². The molecule has 0 amide bonds. The van der Waals surface area contributed by atoms with Crippen LogP contribution in [0.2, 0.25) is 5.02 Å². The van der Waals surface area contributed by atoms with Crippen molar-refractivity contribution in [1.29, 1.82) is 5.26 Å². The van der Waals surface area contributed by atoms with Crippen LogP contribution in [0.25, 0.3) is 0 Å². The zero-order valence-electron chi connectivity index (χ0n) is 8.98. The molecule has 0 aliphatic rings. The molecule has 1 aromatic carbocycles. The molecule has 0 aromatic heterocycles. The van der Waals surface area contributed by atoms with Gasteiger partial charge in [-0.2, -0.15) is 5.26 Å². The fourth-order valence-electron chi connectivity index (χ4n) is 0.967.